The van der Waals surface area contributed by atoms with Crippen LogP contribution in [0.3, 0.4) is 0 Å². The minimum absolute atomic E-state index is 0.257. The second-order valence-corrected chi connectivity index (χ2v) is 5.18. The van der Waals surface area contributed by atoms with Gasteiger partial charge in [0.15, 0.2) is 5.82 Å². The number of benzene rings is 1. The summed E-state index contributed by atoms with van der Waals surface area (Å²) in [6.07, 6.45) is -4.07. The van der Waals surface area contributed by atoms with Crippen LogP contribution >= 0.6 is 27.5 Å². The van der Waals surface area contributed by atoms with Crippen molar-refractivity contribution in [3.05, 3.63) is 39.6 Å². The highest BCUT2D eigenvalue weighted by Crippen LogP contribution is 2.29. The van der Waals surface area contributed by atoms with Crippen LogP contribution in [-0.2, 0) is 6.42 Å². The summed E-state index contributed by atoms with van der Waals surface area (Å²) in [6.45, 7) is 1.91. The lowest BCUT2D eigenvalue weighted by Gasteiger charge is -2.10. The van der Waals surface area contributed by atoms with Gasteiger partial charge < -0.3 is 4.74 Å². The highest BCUT2D eigenvalue weighted by molar-refractivity contribution is 9.10. The first-order valence-electron chi connectivity index (χ1n) is 5.88. The van der Waals surface area contributed by atoms with Crippen LogP contribution in [0.4, 0.5) is 13.2 Å². The minimum Gasteiger partial charge on any atom is -0.406 e. The van der Waals surface area contributed by atoms with Crippen molar-refractivity contribution >= 4 is 27.5 Å². The van der Waals surface area contributed by atoms with E-state index in [2.05, 4.69) is 30.6 Å². The smallest absolute Gasteiger partial charge is 0.406 e. The van der Waals surface area contributed by atoms with E-state index < -0.39 is 6.36 Å². The normalized spacial score (nSPS) is 11.5. The molecular formula is C13H9BrClF3N2O. The van der Waals surface area contributed by atoms with Crippen molar-refractivity contribution in [2.24, 2.45) is 0 Å². The third-order valence-electron chi connectivity index (χ3n) is 2.56. The Hall–Kier alpha value is -1.34. The van der Waals surface area contributed by atoms with Crippen LogP contribution in [0.15, 0.2) is 28.7 Å². The maximum Gasteiger partial charge on any atom is 0.573 e. The molecule has 21 heavy (non-hydrogen) atoms. The van der Waals surface area contributed by atoms with E-state index in [1.807, 2.05) is 6.92 Å². The second kappa shape index (κ2) is 6.19. The highest BCUT2D eigenvalue weighted by atomic mass is 79.9. The molecule has 2 aromatic rings. The predicted molar refractivity (Wildman–Crippen MR) is 76.2 cm³/mol. The lowest BCUT2D eigenvalue weighted by Crippen LogP contribution is -2.16. The van der Waals surface area contributed by atoms with Crippen molar-refractivity contribution in [2.45, 2.75) is 19.7 Å². The molecule has 1 aromatic carbocycles. The Morgan fingerprint density at radius 3 is 2.33 bits per heavy atom. The van der Waals surface area contributed by atoms with Crippen molar-refractivity contribution in [1.82, 2.24) is 9.97 Å². The van der Waals surface area contributed by atoms with E-state index in [0.717, 1.165) is 5.69 Å². The van der Waals surface area contributed by atoms with Crippen LogP contribution < -0.4 is 4.74 Å². The Morgan fingerprint density at radius 2 is 1.81 bits per heavy atom. The van der Waals surface area contributed by atoms with E-state index in [9.17, 15) is 13.2 Å². The number of hydrogen-bond acceptors (Lipinski definition) is 3. The minimum atomic E-state index is -4.71. The van der Waals surface area contributed by atoms with Gasteiger partial charge in [0.1, 0.15) is 10.9 Å². The molecule has 0 atom stereocenters. The molecule has 0 fully saturated rings. The number of aryl methyl sites for hydroxylation is 1. The summed E-state index contributed by atoms with van der Waals surface area (Å²) in [5, 5.41) is 0.257. The molecule has 0 N–H and O–H groups in total. The largest absolute Gasteiger partial charge is 0.573 e. The number of ether oxygens (including phenoxy) is 1. The van der Waals surface area contributed by atoms with Gasteiger partial charge in [-0.1, -0.05) is 18.5 Å². The molecule has 3 nitrogen and oxygen atoms in total. The van der Waals surface area contributed by atoms with E-state index in [-0.39, 0.29) is 10.9 Å². The van der Waals surface area contributed by atoms with Crippen LogP contribution in [0.25, 0.3) is 11.4 Å². The summed E-state index contributed by atoms with van der Waals surface area (Å²) in [5.74, 6) is 0.0452. The lowest BCUT2D eigenvalue weighted by molar-refractivity contribution is -0.274. The van der Waals surface area contributed by atoms with Gasteiger partial charge in [0.25, 0.3) is 0 Å². The van der Waals surface area contributed by atoms with Gasteiger partial charge in [0.2, 0.25) is 0 Å². The van der Waals surface area contributed by atoms with Crippen molar-refractivity contribution in [2.75, 3.05) is 0 Å². The summed E-state index contributed by atoms with van der Waals surface area (Å²) in [7, 11) is 0. The lowest BCUT2D eigenvalue weighted by atomic mass is 10.2. The molecule has 0 unspecified atom stereocenters. The number of aromatic nitrogens is 2. The summed E-state index contributed by atoms with van der Waals surface area (Å²) >= 11 is 9.28. The molecule has 2 rings (SSSR count). The molecule has 0 spiro atoms. The maximum atomic E-state index is 12.1. The molecule has 8 heteroatoms. The molecule has 0 bridgehead atoms. The quantitative estimate of drug-likeness (QED) is 0.700. The summed E-state index contributed by atoms with van der Waals surface area (Å²) in [4.78, 5) is 8.42. The van der Waals surface area contributed by atoms with Gasteiger partial charge in [-0.25, -0.2) is 9.97 Å². The third-order valence-corrected chi connectivity index (χ3v) is 3.90. The van der Waals surface area contributed by atoms with Crippen LogP contribution in [0, 0.1) is 0 Å². The van der Waals surface area contributed by atoms with Gasteiger partial charge in [0.05, 0.1) is 10.2 Å². The molecule has 1 aromatic heterocycles. The first kappa shape index (κ1) is 16.0. The van der Waals surface area contributed by atoms with Crippen molar-refractivity contribution < 1.29 is 17.9 Å². The van der Waals surface area contributed by atoms with Crippen molar-refractivity contribution in [3.63, 3.8) is 0 Å². The van der Waals surface area contributed by atoms with Crippen LogP contribution in [0.5, 0.6) is 5.75 Å². The average Bonchev–Trinajstić information content (AvgIpc) is 2.41. The molecule has 1 heterocycles. The van der Waals surface area contributed by atoms with Gasteiger partial charge in [-0.05, 0) is 46.6 Å². The Morgan fingerprint density at radius 1 is 1.19 bits per heavy atom. The Balaban J connectivity index is 2.33. The third kappa shape index (κ3) is 4.07. The van der Waals surface area contributed by atoms with Gasteiger partial charge >= 0.3 is 6.36 Å². The predicted octanol–water partition coefficient (Wildman–Crippen LogP) is 5.02. The van der Waals surface area contributed by atoms with Crippen LogP contribution in [-0.4, -0.2) is 16.3 Å². The zero-order valence-corrected chi connectivity index (χ0v) is 13.1. The van der Waals surface area contributed by atoms with Gasteiger partial charge in [-0.2, -0.15) is 0 Å². The fraction of sp³-hybridized carbons (Fsp3) is 0.231. The Bertz CT molecular complexity index is 647. The van der Waals surface area contributed by atoms with Crippen LogP contribution in [0.1, 0.15) is 12.6 Å². The maximum absolute atomic E-state index is 12.1. The molecular weight excluding hydrogens is 373 g/mol. The summed E-state index contributed by atoms with van der Waals surface area (Å²) in [5.41, 5.74) is 1.27. The molecule has 0 aliphatic carbocycles. The average molecular weight is 382 g/mol. The number of hydrogen-bond donors (Lipinski definition) is 0. The molecule has 112 valence electrons. The first-order chi connectivity index (χ1) is 9.80. The molecule has 0 aliphatic rings. The van der Waals surface area contributed by atoms with Gasteiger partial charge in [-0.3, -0.25) is 0 Å². The summed E-state index contributed by atoms with van der Waals surface area (Å²) < 4.78 is 40.7. The molecule has 0 saturated heterocycles. The number of rotatable bonds is 3. The molecule has 0 aliphatic heterocycles. The van der Waals surface area contributed by atoms with E-state index in [4.69, 9.17) is 11.6 Å². The SMILES string of the molecule is CCc1nc(-c2ccc(OC(F)(F)F)cc2)nc(Cl)c1Br. The standard InChI is InChI=1S/C13H9BrClF3N2O/c1-2-9-10(14)11(15)20-12(19-9)7-3-5-8(6-4-7)21-13(16,17)18/h3-6H,2H2,1H3. The molecule has 0 saturated carbocycles. The van der Waals surface area contributed by atoms with Gasteiger partial charge in [0, 0.05) is 5.56 Å². The number of halogens is 5. The first-order valence-corrected chi connectivity index (χ1v) is 7.05. The zero-order valence-electron chi connectivity index (χ0n) is 10.7. The Kier molecular flexibility index (Phi) is 4.73. The van der Waals surface area contributed by atoms with Crippen LogP contribution in [0.2, 0.25) is 5.15 Å². The fourth-order valence-electron chi connectivity index (χ4n) is 1.63. The number of nitrogens with zero attached hydrogens (tertiary/aromatic N) is 2. The monoisotopic (exact) mass is 380 g/mol. The topological polar surface area (TPSA) is 35.0 Å². The summed E-state index contributed by atoms with van der Waals surface area (Å²) in [6, 6.07) is 5.29. The van der Waals surface area contributed by atoms with E-state index in [1.165, 1.54) is 24.3 Å². The van der Waals surface area contributed by atoms with E-state index >= 15 is 0 Å². The number of alkyl halides is 3. The second-order valence-electron chi connectivity index (χ2n) is 4.02. The molecule has 0 amide bonds. The Labute approximate surface area is 132 Å². The van der Waals surface area contributed by atoms with E-state index in [1.54, 1.807) is 0 Å². The molecule has 0 radical (unpaired) electrons. The van der Waals surface area contributed by atoms with Crippen molar-refractivity contribution in [3.8, 4) is 17.1 Å². The highest BCUT2D eigenvalue weighted by Gasteiger charge is 2.31. The fourth-order valence-corrected chi connectivity index (χ4v) is 2.28. The van der Waals surface area contributed by atoms with Crippen molar-refractivity contribution in [1.29, 1.82) is 0 Å². The van der Waals surface area contributed by atoms with Gasteiger partial charge in [-0.15, -0.1) is 13.2 Å². The zero-order chi connectivity index (χ0) is 15.6. The van der Waals surface area contributed by atoms with E-state index in [0.29, 0.717) is 22.3 Å².